The molecule has 134 valence electrons. The van der Waals surface area contributed by atoms with Crippen LogP contribution in [0.25, 0.3) is 5.65 Å². The first-order chi connectivity index (χ1) is 12.2. The molecule has 1 amide bonds. The van der Waals surface area contributed by atoms with Crippen molar-refractivity contribution in [2.75, 3.05) is 26.7 Å². The zero-order valence-corrected chi connectivity index (χ0v) is 14.9. The summed E-state index contributed by atoms with van der Waals surface area (Å²) in [6.07, 6.45) is 8.04. The van der Waals surface area contributed by atoms with Crippen molar-refractivity contribution in [1.82, 2.24) is 19.2 Å². The van der Waals surface area contributed by atoms with Crippen molar-refractivity contribution in [2.24, 2.45) is 0 Å². The summed E-state index contributed by atoms with van der Waals surface area (Å²) < 4.78 is 1.98. The summed E-state index contributed by atoms with van der Waals surface area (Å²) in [6.45, 7) is 4.26. The molecule has 6 nitrogen and oxygen atoms in total. The maximum absolute atomic E-state index is 12.9. The molecular formula is C19H26N4O2. The van der Waals surface area contributed by atoms with Crippen molar-refractivity contribution in [2.45, 2.75) is 32.4 Å². The minimum Gasteiger partial charge on any atom is -0.394 e. The highest BCUT2D eigenvalue weighted by Gasteiger charge is 2.26. The summed E-state index contributed by atoms with van der Waals surface area (Å²) in [5.74, 6) is -0.0418. The van der Waals surface area contributed by atoms with Gasteiger partial charge in [-0.2, -0.15) is 0 Å². The van der Waals surface area contributed by atoms with E-state index in [1.54, 1.807) is 4.90 Å². The van der Waals surface area contributed by atoms with E-state index < -0.39 is 0 Å². The first kappa shape index (κ1) is 17.6. The predicted molar refractivity (Wildman–Crippen MR) is 97.5 cm³/mol. The van der Waals surface area contributed by atoms with E-state index in [0.29, 0.717) is 12.2 Å². The van der Waals surface area contributed by atoms with E-state index in [1.165, 1.54) is 0 Å². The summed E-state index contributed by atoms with van der Waals surface area (Å²) in [4.78, 5) is 21.4. The Labute approximate surface area is 148 Å². The van der Waals surface area contributed by atoms with E-state index in [9.17, 15) is 9.90 Å². The lowest BCUT2D eigenvalue weighted by atomic mass is 10.2. The van der Waals surface area contributed by atoms with Crippen LogP contribution in [-0.4, -0.2) is 63.0 Å². The third kappa shape index (κ3) is 3.60. The van der Waals surface area contributed by atoms with Crippen molar-refractivity contribution in [3.8, 4) is 0 Å². The Balaban J connectivity index is 1.93. The molecule has 0 fully saturated rings. The molecule has 0 saturated carbocycles. The molecular weight excluding hydrogens is 316 g/mol. The average molecular weight is 342 g/mol. The van der Waals surface area contributed by atoms with Crippen LogP contribution in [0.5, 0.6) is 0 Å². The van der Waals surface area contributed by atoms with Crippen LogP contribution in [-0.2, 0) is 6.54 Å². The molecule has 0 aliphatic carbocycles. The SMILES string of the molecule is CCCCN(C)C(=O)c1nc2ccccn2c1CN1CC=CC1CO. The lowest BCUT2D eigenvalue weighted by molar-refractivity contribution is 0.0785. The Morgan fingerprint density at radius 2 is 2.28 bits per heavy atom. The molecule has 1 N–H and O–H groups in total. The van der Waals surface area contributed by atoms with Gasteiger partial charge in [0.05, 0.1) is 18.3 Å². The Hall–Kier alpha value is -2.18. The van der Waals surface area contributed by atoms with E-state index in [2.05, 4.69) is 22.9 Å². The molecule has 0 bridgehead atoms. The number of unbranched alkanes of at least 4 members (excludes halogenated alkanes) is 1. The first-order valence-corrected chi connectivity index (χ1v) is 8.88. The molecule has 0 aromatic carbocycles. The van der Waals surface area contributed by atoms with Gasteiger partial charge in [-0.3, -0.25) is 9.69 Å². The largest absolute Gasteiger partial charge is 0.394 e. The number of carbonyl (C=O) groups excluding carboxylic acids is 1. The van der Waals surface area contributed by atoms with Gasteiger partial charge in [-0.15, -0.1) is 0 Å². The molecule has 1 unspecified atom stereocenters. The van der Waals surface area contributed by atoms with Crippen molar-refractivity contribution >= 4 is 11.6 Å². The number of aromatic nitrogens is 2. The number of rotatable bonds is 7. The number of fused-ring (bicyclic) bond motifs is 1. The van der Waals surface area contributed by atoms with Gasteiger partial charge < -0.3 is 14.4 Å². The Morgan fingerprint density at radius 1 is 1.44 bits per heavy atom. The molecule has 3 heterocycles. The second-order valence-corrected chi connectivity index (χ2v) is 6.52. The Morgan fingerprint density at radius 3 is 3.04 bits per heavy atom. The Kier molecular flexibility index (Phi) is 5.50. The first-order valence-electron chi connectivity index (χ1n) is 8.88. The highest BCUT2D eigenvalue weighted by Crippen LogP contribution is 2.20. The number of pyridine rings is 1. The topological polar surface area (TPSA) is 61.1 Å². The number of hydrogen-bond donors (Lipinski definition) is 1. The van der Waals surface area contributed by atoms with Gasteiger partial charge in [0.1, 0.15) is 5.65 Å². The number of nitrogens with zero attached hydrogens (tertiary/aromatic N) is 4. The van der Waals surface area contributed by atoms with Crippen molar-refractivity contribution in [3.63, 3.8) is 0 Å². The van der Waals surface area contributed by atoms with E-state index in [-0.39, 0.29) is 18.6 Å². The zero-order chi connectivity index (χ0) is 17.8. The van der Waals surface area contributed by atoms with Gasteiger partial charge in [0.25, 0.3) is 5.91 Å². The smallest absolute Gasteiger partial charge is 0.274 e. The van der Waals surface area contributed by atoms with Crippen LogP contribution in [0.2, 0.25) is 0 Å². The van der Waals surface area contributed by atoms with Crippen molar-refractivity contribution in [3.05, 3.63) is 47.9 Å². The monoisotopic (exact) mass is 342 g/mol. The minimum atomic E-state index is -0.0418. The fourth-order valence-electron chi connectivity index (χ4n) is 3.21. The molecule has 1 aliphatic heterocycles. The normalized spacial score (nSPS) is 17.5. The third-order valence-electron chi connectivity index (χ3n) is 4.73. The van der Waals surface area contributed by atoms with Gasteiger partial charge in [0, 0.05) is 32.9 Å². The fraction of sp³-hybridized carbons (Fsp3) is 0.474. The number of hydrogen-bond acceptors (Lipinski definition) is 4. The van der Waals surface area contributed by atoms with Gasteiger partial charge in [-0.25, -0.2) is 4.98 Å². The average Bonchev–Trinajstić information content (AvgIpc) is 3.24. The van der Waals surface area contributed by atoms with E-state index in [4.69, 9.17) is 0 Å². The van der Waals surface area contributed by atoms with E-state index in [1.807, 2.05) is 41.9 Å². The van der Waals surface area contributed by atoms with Crippen molar-refractivity contribution < 1.29 is 9.90 Å². The molecule has 1 atom stereocenters. The lowest BCUT2D eigenvalue weighted by Gasteiger charge is -2.23. The molecule has 0 saturated heterocycles. The van der Waals surface area contributed by atoms with E-state index >= 15 is 0 Å². The van der Waals surface area contributed by atoms with Crippen LogP contribution in [0.3, 0.4) is 0 Å². The van der Waals surface area contributed by atoms with Gasteiger partial charge in [-0.1, -0.05) is 31.6 Å². The van der Waals surface area contributed by atoms with Crippen LogP contribution in [0.1, 0.15) is 35.9 Å². The number of imidazole rings is 1. The summed E-state index contributed by atoms with van der Waals surface area (Å²) in [7, 11) is 1.83. The summed E-state index contributed by atoms with van der Waals surface area (Å²) >= 11 is 0. The molecule has 0 radical (unpaired) electrons. The second-order valence-electron chi connectivity index (χ2n) is 6.52. The molecule has 2 aromatic rings. The predicted octanol–water partition coefficient (Wildman–Crippen LogP) is 1.94. The zero-order valence-electron chi connectivity index (χ0n) is 14.9. The fourth-order valence-corrected chi connectivity index (χ4v) is 3.21. The third-order valence-corrected chi connectivity index (χ3v) is 4.73. The number of aliphatic hydroxyl groups is 1. The second kappa shape index (κ2) is 7.80. The van der Waals surface area contributed by atoms with Crippen LogP contribution in [0.4, 0.5) is 0 Å². The standard InChI is InChI=1S/C19H26N4O2/c1-3-4-10-21(2)19(25)18-16(13-22-11-7-8-15(22)14-24)23-12-6-5-9-17(23)20-18/h5-9,12,15,24H,3-4,10-11,13-14H2,1-2H3. The maximum atomic E-state index is 12.9. The van der Waals surface area contributed by atoms with Gasteiger partial charge >= 0.3 is 0 Å². The molecule has 6 heteroatoms. The number of aliphatic hydroxyl groups excluding tert-OH is 1. The highest BCUT2D eigenvalue weighted by molar-refractivity contribution is 5.94. The summed E-state index contributed by atoms with van der Waals surface area (Å²) in [5.41, 5.74) is 2.16. The van der Waals surface area contributed by atoms with Crippen LogP contribution >= 0.6 is 0 Å². The number of amides is 1. The molecule has 1 aliphatic rings. The molecule has 2 aromatic heterocycles. The van der Waals surface area contributed by atoms with Crippen LogP contribution in [0.15, 0.2) is 36.5 Å². The van der Waals surface area contributed by atoms with Crippen molar-refractivity contribution in [1.29, 1.82) is 0 Å². The highest BCUT2D eigenvalue weighted by atomic mass is 16.3. The number of carbonyl (C=O) groups is 1. The van der Waals surface area contributed by atoms with Gasteiger partial charge in [-0.05, 0) is 18.6 Å². The quantitative estimate of drug-likeness (QED) is 0.781. The maximum Gasteiger partial charge on any atom is 0.274 e. The molecule has 25 heavy (non-hydrogen) atoms. The lowest BCUT2D eigenvalue weighted by Crippen LogP contribution is -2.34. The molecule has 0 spiro atoms. The van der Waals surface area contributed by atoms with Crippen LogP contribution < -0.4 is 0 Å². The van der Waals surface area contributed by atoms with Gasteiger partial charge in [0.2, 0.25) is 0 Å². The summed E-state index contributed by atoms with van der Waals surface area (Å²) in [5, 5.41) is 9.55. The minimum absolute atomic E-state index is 0.00460. The Bertz CT molecular complexity index is 768. The van der Waals surface area contributed by atoms with Gasteiger partial charge in [0.15, 0.2) is 5.69 Å². The van der Waals surface area contributed by atoms with Crippen LogP contribution in [0, 0.1) is 0 Å². The van der Waals surface area contributed by atoms with E-state index in [0.717, 1.165) is 37.3 Å². The summed E-state index contributed by atoms with van der Waals surface area (Å²) in [6, 6.07) is 5.78. The molecule has 3 rings (SSSR count).